The molecule has 0 fully saturated rings. The predicted octanol–water partition coefficient (Wildman–Crippen LogP) is 3.97. The van der Waals surface area contributed by atoms with Gasteiger partial charge in [-0.1, -0.05) is 24.3 Å². The fourth-order valence-electron chi connectivity index (χ4n) is 3.81. The fourth-order valence-corrected chi connectivity index (χ4v) is 3.81. The van der Waals surface area contributed by atoms with Crippen LogP contribution in [0, 0.1) is 11.6 Å². The average Bonchev–Trinajstić information content (AvgIpc) is 3.33. The number of amides is 1. The molecule has 0 saturated carbocycles. The van der Waals surface area contributed by atoms with Gasteiger partial charge in [0.05, 0.1) is 24.5 Å². The largest absolute Gasteiger partial charge is 0.467 e. The number of fused-ring (bicyclic) bond motifs is 1. The average molecular weight is 412 g/mol. The molecule has 2 atom stereocenters. The van der Waals surface area contributed by atoms with Crippen molar-refractivity contribution in [1.29, 1.82) is 0 Å². The molecule has 2 unspecified atom stereocenters. The lowest BCUT2D eigenvalue weighted by Crippen LogP contribution is -2.31. The molecule has 0 spiro atoms. The molecule has 0 bridgehead atoms. The smallest absolute Gasteiger partial charge is 0.255 e. The van der Waals surface area contributed by atoms with Crippen LogP contribution in [0.2, 0.25) is 0 Å². The van der Waals surface area contributed by atoms with Gasteiger partial charge in [-0.2, -0.15) is 0 Å². The molecule has 7 heteroatoms. The van der Waals surface area contributed by atoms with Crippen LogP contribution in [0.25, 0.3) is 0 Å². The quantitative estimate of drug-likeness (QED) is 0.643. The van der Waals surface area contributed by atoms with Crippen LogP contribution < -0.4 is 10.2 Å². The van der Waals surface area contributed by atoms with Crippen molar-refractivity contribution in [1.82, 2.24) is 5.32 Å². The normalized spacial score (nSPS) is 16.4. The first kappa shape index (κ1) is 20.1. The van der Waals surface area contributed by atoms with Gasteiger partial charge in [0.25, 0.3) is 5.91 Å². The van der Waals surface area contributed by atoms with E-state index in [4.69, 9.17) is 4.42 Å². The Labute approximate surface area is 172 Å². The van der Waals surface area contributed by atoms with Crippen molar-refractivity contribution in [3.8, 4) is 0 Å². The van der Waals surface area contributed by atoms with E-state index >= 15 is 0 Å². The van der Waals surface area contributed by atoms with Gasteiger partial charge in [0, 0.05) is 18.3 Å². The minimum atomic E-state index is -1.16. The molecule has 0 aliphatic carbocycles. The number of benzene rings is 2. The minimum absolute atomic E-state index is 0.141. The summed E-state index contributed by atoms with van der Waals surface area (Å²) in [7, 11) is 0. The summed E-state index contributed by atoms with van der Waals surface area (Å²) in [6, 6.07) is 13.2. The van der Waals surface area contributed by atoms with E-state index in [1.165, 1.54) is 17.9 Å². The van der Waals surface area contributed by atoms with Crippen molar-refractivity contribution in [3.63, 3.8) is 0 Å². The number of para-hydroxylation sites is 1. The molecule has 0 saturated heterocycles. The van der Waals surface area contributed by atoms with Gasteiger partial charge < -0.3 is 19.7 Å². The van der Waals surface area contributed by atoms with E-state index in [0.29, 0.717) is 17.9 Å². The van der Waals surface area contributed by atoms with Gasteiger partial charge in [0.2, 0.25) is 0 Å². The van der Waals surface area contributed by atoms with Crippen molar-refractivity contribution in [2.24, 2.45) is 0 Å². The topological polar surface area (TPSA) is 65.7 Å². The molecule has 1 aromatic heterocycles. The summed E-state index contributed by atoms with van der Waals surface area (Å²) in [5, 5.41) is 12.8. The highest BCUT2D eigenvalue weighted by Gasteiger charge is 2.28. The Kier molecular flexibility index (Phi) is 5.55. The summed E-state index contributed by atoms with van der Waals surface area (Å²) >= 11 is 0. The first-order valence-electron chi connectivity index (χ1n) is 9.76. The number of rotatable bonds is 6. The monoisotopic (exact) mass is 412 g/mol. The summed E-state index contributed by atoms with van der Waals surface area (Å²) in [4.78, 5) is 14.8. The van der Waals surface area contributed by atoms with Crippen molar-refractivity contribution in [2.45, 2.75) is 32.0 Å². The lowest BCUT2D eigenvalue weighted by Gasteiger charge is -2.24. The van der Waals surface area contributed by atoms with E-state index in [-0.39, 0.29) is 18.2 Å². The van der Waals surface area contributed by atoms with Crippen molar-refractivity contribution in [3.05, 3.63) is 88.9 Å². The molecule has 2 heterocycles. The summed E-state index contributed by atoms with van der Waals surface area (Å²) < 4.78 is 32.0. The molecule has 1 aliphatic heterocycles. The molecule has 30 heavy (non-hydrogen) atoms. The number of nitrogens with zero attached hydrogens (tertiary/aromatic N) is 1. The Morgan fingerprint density at radius 3 is 2.83 bits per heavy atom. The van der Waals surface area contributed by atoms with Crippen LogP contribution in [0.4, 0.5) is 14.5 Å². The van der Waals surface area contributed by atoms with E-state index in [2.05, 4.69) is 29.3 Å². The first-order valence-corrected chi connectivity index (χ1v) is 9.76. The maximum atomic E-state index is 13.4. The number of carbonyl (C=O) groups is 1. The molecular formula is C23H22F2N2O3. The van der Waals surface area contributed by atoms with Crippen LogP contribution in [-0.4, -0.2) is 23.6 Å². The molecule has 5 nitrogen and oxygen atoms in total. The Balaban J connectivity index is 1.43. The van der Waals surface area contributed by atoms with E-state index < -0.39 is 23.6 Å². The van der Waals surface area contributed by atoms with E-state index in [1.807, 2.05) is 12.1 Å². The van der Waals surface area contributed by atoms with Crippen LogP contribution in [0.3, 0.4) is 0 Å². The number of hydrogen-bond donors (Lipinski definition) is 2. The molecular weight excluding hydrogens is 390 g/mol. The van der Waals surface area contributed by atoms with Gasteiger partial charge in [0.15, 0.2) is 11.6 Å². The van der Waals surface area contributed by atoms with Crippen LogP contribution in [0.15, 0.2) is 59.2 Å². The number of anilines is 1. The number of hydrogen-bond acceptors (Lipinski definition) is 4. The van der Waals surface area contributed by atoms with E-state index in [1.54, 1.807) is 6.07 Å². The summed E-state index contributed by atoms with van der Waals surface area (Å²) in [5.74, 6) is -1.91. The molecule has 0 radical (unpaired) electrons. The number of aliphatic hydroxyl groups is 1. The lowest BCUT2D eigenvalue weighted by atomic mass is 10.1. The van der Waals surface area contributed by atoms with Crippen LogP contribution in [0.5, 0.6) is 0 Å². The maximum Gasteiger partial charge on any atom is 0.255 e. The molecule has 1 amide bonds. The van der Waals surface area contributed by atoms with Gasteiger partial charge in [-0.25, -0.2) is 8.78 Å². The van der Waals surface area contributed by atoms with E-state index in [0.717, 1.165) is 24.2 Å². The third-order valence-corrected chi connectivity index (χ3v) is 5.44. The van der Waals surface area contributed by atoms with Crippen LogP contribution in [-0.2, 0) is 13.0 Å². The third-order valence-electron chi connectivity index (χ3n) is 5.44. The zero-order valence-electron chi connectivity index (χ0n) is 16.4. The van der Waals surface area contributed by atoms with Gasteiger partial charge >= 0.3 is 0 Å². The lowest BCUT2D eigenvalue weighted by molar-refractivity contribution is 0.0914. The van der Waals surface area contributed by atoms with Gasteiger partial charge in [0.1, 0.15) is 5.76 Å². The Morgan fingerprint density at radius 1 is 1.23 bits per heavy atom. The maximum absolute atomic E-state index is 13.4. The SMILES string of the molecule is CC1Cc2ccccc2N1Cc1occc1C(=O)NCC(O)c1ccc(F)c(F)c1. The number of nitrogens with one attached hydrogen (secondary N) is 1. The Bertz CT molecular complexity index is 1070. The number of aliphatic hydroxyl groups excluding tert-OH is 1. The van der Waals surface area contributed by atoms with Gasteiger partial charge in [-0.3, -0.25) is 4.79 Å². The van der Waals surface area contributed by atoms with Crippen LogP contribution >= 0.6 is 0 Å². The number of furan rings is 1. The zero-order valence-corrected chi connectivity index (χ0v) is 16.4. The third kappa shape index (κ3) is 3.93. The minimum Gasteiger partial charge on any atom is -0.467 e. The summed E-state index contributed by atoms with van der Waals surface area (Å²) in [5.41, 5.74) is 2.95. The number of halogens is 2. The van der Waals surface area contributed by atoms with Gasteiger partial charge in [-0.05, 0) is 48.7 Å². The number of carbonyl (C=O) groups excluding carboxylic acids is 1. The summed E-state index contributed by atoms with van der Waals surface area (Å²) in [6.45, 7) is 2.43. The Hall–Kier alpha value is -3.19. The molecule has 1 aliphatic rings. The molecule has 156 valence electrons. The van der Waals surface area contributed by atoms with E-state index in [9.17, 15) is 18.7 Å². The molecule has 2 N–H and O–H groups in total. The highest BCUT2D eigenvalue weighted by Crippen LogP contribution is 2.33. The standard InChI is InChI=1S/C23H22F2N2O3/c1-14-10-15-4-2-3-5-20(15)27(14)13-22-17(8-9-30-22)23(29)26-12-21(28)16-6-7-18(24)19(25)11-16/h2-9,11,14,21,28H,10,12-13H2,1H3,(H,26,29). The van der Waals surface area contributed by atoms with Gasteiger partial charge in [-0.15, -0.1) is 0 Å². The highest BCUT2D eigenvalue weighted by atomic mass is 19.2. The molecule has 4 rings (SSSR count). The first-order chi connectivity index (χ1) is 14.4. The second kappa shape index (κ2) is 8.28. The molecule has 3 aromatic rings. The Morgan fingerprint density at radius 2 is 2.03 bits per heavy atom. The predicted molar refractivity (Wildman–Crippen MR) is 108 cm³/mol. The van der Waals surface area contributed by atoms with Crippen molar-refractivity contribution < 1.29 is 23.1 Å². The fraction of sp³-hybridized carbons (Fsp3) is 0.261. The molecule has 2 aromatic carbocycles. The second-order valence-electron chi connectivity index (χ2n) is 7.47. The van der Waals surface area contributed by atoms with Crippen molar-refractivity contribution >= 4 is 11.6 Å². The second-order valence-corrected chi connectivity index (χ2v) is 7.47. The summed E-state index contributed by atoms with van der Waals surface area (Å²) in [6.07, 6.45) is 1.23. The highest BCUT2D eigenvalue weighted by molar-refractivity contribution is 5.95. The van der Waals surface area contributed by atoms with Crippen molar-refractivity contribution in [2.75, 3.05) is 11.4 Å². The van der Waals surface area contributed by atoms with Crippen LogP contribution in [0.1, 0.15) is 40.3 Å². The zero-order chi connectivity index (χ0) is 21.3.